The number of carboxylic acid groups (broad SMARTS) is 2. The minimum Gasteiger partial charge on any atom is -0.478 e. The molecule has 3 N–H and O–H groups in total. The number of amides is 1. The van der Waals surface area contributed by atoms with E-state index in [-0.39, 0.29) is 6.09 Å². The van der Waals surface area contributed by atoms with E-state index in [1.165, 1.54) is 0 Å². The van der Waals surface area contributed by atoms with Gasteiger partial charge in [0.1, 0.15) is 0 Å². The summed E-state index contributed by atoms with van der Waals surface area (Å²) in [5.41, 5.74) is 0. The lowest BCUT2D eigenvalue weighted by molar-refractivity contribution is -0.134. The van der Waals surface area contributed by atoms with E-state index in [9.17, 15) is 14.4 Å². The summed E-state index contributed by atoms with van der Waals surface area (Å²) in [4.78, 5) is 32.1. The maximum atomic E-state index is 11.3. The van der Waals surface area contributed by atoms with Crippen LogP contribution in [0.1, 0.15) is 19.8 Å². The van der Waals surface area contributed by atoms with E-state index in [2.05, 4.69) is 5.32 Å². The first-order valence-corrected chi connectivity index (χ1v) is 6.54. The maximum Gasteiger partial charge on any atom is 0.409 e. The van der Waals surface area contributed by atoms with Crippen LogP contribution < -0.4 is 5.32 Å². The van der Waals surface area contributed by atoms with E-state index < -0.39 is 11.9 Å². The zero-order valence-corrected chi connectivity index (χ0v) is 12.4. The van der Waals surface area contributed by atoms with Crippen LogP contribution in [-0.4, -0.2) is 65.9 Å². The van der Waals surface area contributed by atoms with Gasteiger partial charge in [0.2, 0.25) is 0 Å². The van der Waals surface area contributed by atoms with Gasteiger partial charge in [-0.15, -0.1) is 0 Å². The zero-order chi connectivity index (χ0) is 16.4. The largest absolute Gasteiger partial charge is 0.478 e. The second-order valence-corrected chi connectivity index (χ2v) is 4.36. The van der Waals surface area contributed by atoms with Crippen LogP contribution in [0.2, 0.25) is 0 Å². The Morgan fingerprint density at radius 3 is 2.05 bits per heavy atom. The molecule has 1 amide bonds. The Balaban J connectivity index is 0.000000433. The molecule has 2 atom stereocenters. The number of hydrogen-bond donors (Lipinski definition) is 3. The number of aliphatic carboxylic acids is 2. The number of ether oxygens (including phenoxy) is 1. The Kier molecular flexibility index (Phi) is 8.79. The molecule has 1 fully saturated rings. The van der Waals surface area contributed by atoms with E-state index >= 15 is 0 Å². The van der Waals surface area contributed by atoms with Gasteiger partial charge < -0.3 is 25.2 Å². The lowest BCUT2D eigenvalue weighted by atomic mass is 9.85. The first-order chi connectivity index (χ1) is 9.83. The van der Waals surface area contributed by atoms with Crippen molar-refractivity contribution < 1.29 is 29.3 Å². The van der Waals surface area contributed by atoms with Gasteiger partial charge in [-0.25, -0.2) is 14.4 Å². The first-order valence-electron chi connectivity index (χ1n) is 6.54. The van der Waals surface area contributed by atoms with Crippen LogP contribution in [0.5, 0.6) is 0 Å². The lowest BCUT2D eigenvalue weighted by Crippen LogP contribution is -2.56. The highest BCUT2D eigenvalue weighted by Gasteiger charge is 2.35. The summed E-state index contributed by atoms with van der Waals surface area (Å²) in [7, 11) is 3.72. The average molecular weight is 302 g/mol. The monoisotopic (exact) mass is 302 g/mol. The van der Waals surface area contributed by atoms with Crippen molar-refractivity contribution in [2.24, 2.45) is 0 Å². The third-order valence-electron chi connectivity index (χ3n) is 3.03. The number of carbonyl (C=O) groups excluding carboxylic acids is 1. The Labute approximate surface area is 123 Å². The highest BCUT2D eigenvalue weighted by molar-refractivity contribution is 5.89. The molecule has 8 nitrogen and oxygen atoms in total. The number of carboxylic acids is 2. The highest BCUT2D eigenvalue weighted by Crippen LogP contribution is 2.24. The van der Waals surface area contributed by atoms with Crippen LogP contribution in [0.15, 0.2) is 12.2 Å². The van der Waals surface area contributed by atoms with Gasteiger partial charge in [0, 0.05) is 25.2 Å². The summed E-state index contributed by atoms with van der Waals surface area (Å²) in [6, 6.07) is 0.749. The molecule has 0 spiro atoms. The summed E-state index contributed by atoms with van der Waals surface area (Å²) >= 11 is 0. The van der Waals surface area contributed by atoms with Crippen LogP contribution in [-0.2, 0) is 14.3 Å². The van der Waals surface area contributed by atoms with E-state index in [0.29, 0.717) is 30.8 Å². The van der Waals surface area contributed by atoms with Crippen molar-refractivity contribution in [1.82, 2.24) is 10.2 Å². The summed E-state index contributed by atoms with van der Waals surface area (Å²) in [5.74, 6) is -2.51. The van der Waals surface area contributed by atoms with Crippen molar-refractivity contribution in [2.45, 2.75) is 31.8 Å². The Bertz CT molecular complexity index is 378. The fourth-order valence-electron chi connectivity index (χ4n) is 1.79. The van der Waals surface area contributed by atoms with Gasteiger partial charge in [-0.2, -0.15) is 0 Å². The topological polar surface area (TPSA) is 116 Å². The van der Waals surface area contributed by atoms with Gasteiger partial charge in [0.15, 0.2) is 0 Å². The summed E-state index contributed by atoms with van der Waals surface area (Å²) in [6.07, 6.45) is 3.11. The highest BCUT2D eigenvalue weighted by atomic mass is 16.6. The van der Waals surface area contributed by atoms with Crippen molar-refractivity contribution in [1.29, 1.82) is 0 Å². The van der Waals surface area contributed by atoms with Gasteiger partial charge >= 0.3 is 18.0 Å². The molecule has 0 radical (unpaired) electrons. The van der Waals surface area contributed by atoms with E-state index in [1.807, 2.05) is 14.0 Å². The van der Waals surface area contributed by atoms with Crippen LogP contribution in [0.3, 0.4) is 0 Å². The van der Waals surface area contributed by atoms with Gasteiger partial charge in [-0.3, -0.25) is 0 Å². The van der Waals surface area contributed by atoms with Crippen molar-refractivity contribution in [3.63, 3.8) is 0 Å². The molecule has 0 heterocycles. The van der Waals surface area contributed by atoms with E-state index in [0.717, 1.165) is 12.8 Å². The molecule has 0 aromatic rings. The molecule has 0 bridgehead atoms. The van der Waals surface area contributed by atoms with Crippen molar-refractivity contribution in [3.05, 3.63) is 12.2 Å². The summed E-state index contributed by atoms with van der Waals surface area (Å²) in [5, 5.41) is 18.8. The first kappa shape index (κ1) is 18.9. The second kappa shape index (κ2) is 9.76. The van der Waals surface area contributed by atoms with Crippen LogP contribution >= 0.6 is 0 Å². The molecule has 0 saturated heterocycles. The molecular weight excluding hydrogens is 280 g/mol. The Hall–Kier alpha value is -2.09. The number of rotatable bonds is 5. The number of carbonyl (C=O) groups is 3. The predicted octanol–water partition coefficient (Wildman–Crippen LogP) is 0.537. The summed E-state index contributed by atoms with van der Waals surface area (Å²) < 4.78 is 4.91. The SMILES string of the molecule is CCOC(=O)N(C)C1CCC1NC.O=C(O)/C=C/C(=O)O. The number of nitrogens with one attached hydrogen (secondary N) is 1. The number of hydrogen-bond acceptors (Lipinski definition) is 5. The van der Waals surface area contributed by atoms with Crippen LogP contribution in [0.4, 0.5) is 4.79 Å². The molecular formula is C13H22N2O6. The molecule has 1 aliphatic carbocycles. The van der Waals surface area contributed by atoms with Gasteiger partial charge in [0.05, 0.1) is 12.6 Å². The molecule has 1 rings (SSSR count). The fourth-order valence-corrected chi connectivity index (χ4v) is 1.79. The third kappa shape index (κ3) is 7.31. The Morgan fingerprint density at radius 1 is 1.24 bits per heavy atom. The zero-order valence-electron chi connectivity index (χ0n) is 12.4. The van der Waals surface area contributed by atoms with Crippen molar-refractivity contribution >= 4 is 18.0 Å². The van der Waals surface area contributed by atoms with Crippen molar-refractivity contribution in [2.75, 3.05) is 20.7 Å². The van der Waals surface area contributed by atoms with Crippen LogP contribution in [0, 0.1) is 0 Å². The van der Waals surface area contributed by atoms with Gasteiger partial charge in [-0.1, -0.05) is 0 Å². The molecule has 1 saturated carbocycles. The molecule has 8 heteroatoms. The van der Waals surface area contributed by atoms with Gasteiger partial charge in [0.25, 0.3) is 0 Å². The Morgan fingerprint density at radius 2 is 1.76 bits per heavy atom. The smallest absolute Gasteiger partial charge is 0.409 e. The van der Waals surface area contributed by atoms with Gasteiger partial charge in [-0.05, 0) is 26.8 Å². The molecule has 1 aliphatic rings. The molecule has 2 unspecified atom stereocenters. The number of nitrogens with zero attached hydrogens (tertiary/aromatic N) is 1. The van der Waals surface area contributed by atoms with Crippen molar-refractivity contribution in [3.8, 4) is 0 Å². The van der Waals surface area contributed by atoms with E-state index in [4.69, 9.17) is 14.9 Å². The minimum atomic E-state index is -1.26. The third-order valence-corrected chi connectivity index (χ3v) is 3.03. The predicted molar refractivity (Wildman–Crippen MR) is 75.1 cm³/mol. The minimum absolute atomic E-state index is 0.215. The normalized spacial score (nSPS) is 20.0. The molecule has 0 aliphatic heterocycles. The van der Waals surface area contributed by atoms with Crippen LogP contribution in [0.25, 0.3) is 0 Å². The standard InChI is InChI=1S/C9H18N2O2.C4H4O4/c1-4-13-9(12)11(3)8-6-5-7(8)10-2;5-3(6)1-2-4(7)8/h7-8,10H,4-6H2,1-3H3;1-2H,(H,5,6)(H,7,8)/b;2-1+. The quantitative estimate of drug-likeness (QED) is 0.634. The second-order valence-electron chi connectivity index (χ2n) is 4.36. The summed E-state index contributed by atoms with van der Waals surface area (Å²) in [6.45, 7) is 2.27. The average Bonchev–Trinajstić information content (AvgIpc) is 2.36. The molecule has 120 valence electrons. The molecule has 21 heavy (non-hydrogen) atoms. The molecule has 0 aromatic carbocycles. The maximum absolute atomic E-state index is 11.3. The number of likely N-dealkylation sites (N-methyl/N-ethyl adjacent to an activating group) is 2. The lowest BCUT2D eigenvalue weighted by Gasteiger charge is -2.41. The van der Waals surface area contributed by atoms with E-state index in [1.54, 1.807) is 11.9 Å². The molecule has 0 aromatic heterocycles. The fraction of sp³-hybridized carbons (Fsp3) is 0.615.